The highest BCUT2D eigenvalue weighted by molar-refractivity contribution is 7.99. The van der Waals surface area contributed by atoms with Gasteiger partial charge in [-0.15, -0.1) is 0 Å². The first-order chi connectivity index (χ1) is 6.74. The first-order valence-corrected chi connectivity index (χ1v) is 6.54. The van der Waals surface area contributed by atoms with E-state index in [2.05, 4.69) is 32.2 Å². The normalized spacial score (nSPS) is 14.7. The van der Waals surface area contributed by atoms with Gasteiger partial charge in [0.25, 0.3) is 0 Å². The summed E-state index contributed by atoms with van der Waals surface area (Å²) in [6.45, 7) is 7.52. The van der Waals surface area contributed by atoms with E-state index in [0.29, 0.717) is 0 Å². The van der Waals surface area contributed by atoms with Crippen molar-refractivity contribution in [2.75, 3.05) is 12.3 Å². The highest BCUT2D eigenvalue weighted by atomic mass is 32.2. The van der Waals surface area contributed by atoms with Crippen molar-refractivity contribution in [1.29, 1.82) is 5.26 Å². The van der Waals surface area contributed by atoms with Crippen LogP contribution in [0.25, 0.3) is 0 Å². The Kier molecular flexibility index (Phi) is 9.23. The summed E-state index contributed by atoms with van der Waals surface area (Å²) in [4.78, 5) is 0. The fourth-order valence-electron chi connectivity index (χ4n) is 1.04. The molecule has 2 nitrogen and oxygen atoms in total. The average Bonchev–Trinajstić information content (AvgIpc) is 2.22. The number of nitrogens with one attached hydrogen (secondary N) is 1. The third kappa shape index (κ3) is 7.23. The van der Waals surface area contributed by atoms with Gasteiger partial charge in [-0.05, 0) is 31.6 Å². The fraction of sp³-hybridized carbons (Fsp3) is 0.909. The summed E-state index contributed by atoms with van der Waals surface area (Å²) in [7, 11) is 0. The second-order valence-corrected chi connectivity index (χ2v) is 5.06. The number of nitrogens with zero attached hydrogens (tertiary/aromatic N) is 1. The number of hydrogen-bond acceptors (Lipinski definition) is 3. The summed E-state index contributed by atoms with van der Waals surface area (Å²) in [6.07, 6.45) is 3.27. The van der Waals surface area contributed by atoms with Crippen molar-refractivity contribution in [3.63, 3.8) is 0 Å². The Morgan fingerprint density at radius 3 is 2.64 bits per heavy atom. The topological polar surface area (TPSA) is 35.8 Å². The zero-order valence-corrected chi connectivity index (χ0v) is 10.4. The lowest BCUT2D eigenvalue weighted by Gasteiger charge is -2.12. The van der Waals surface area contributed by atoms with Crippen LogP contribution in [-0.4, -0.2) is 23.6 Å². The minimum absolute atomic E-state index is 0.0477. The van der Waals surface area contributed by atoms with E-state index in [1.165, 1.54) is 6.42 Å². The Labute approximate surface area is 92.5 Å². The van der Waals surface area contributed by atoms with Gasteiger partial charge >= 0.3 is 0 Å². The molecule has 2 unspecified atom stereocenters. The molecule has 0 rings (SSSR count). The molecule has 0 heterocycles. The van der Waals surface area contributed by atoms with Crippen LogP contribution in [0.2, 0.25) is 0 Å². The molecule has 0 aliphatic heterocycles. The van der Waals surface area contributed by atoms with E-state index >= 15 is 0 Å². The molecule has 0 saturated carbocycles. The number of rotatable bonds is 8. The zero-order valence-electron chi connectivity index (χ0n) is 9.55. The summed E-state index contributed by atoms with van der Waals surface area (Å²) < 4.78 is 0. The Bertz CT molecular complexity index is 165. The van der Waals surface area contributed by atoms with Crippen molar-refractivity contribution >= 4 is 11.8 Å². The molecule has 1 N–H and O–H groups in total. The molecule has 2 atom stereocenters. The summed E-state index contributed by atoms with van der Waals surface area (Å²) >= 11 is 1.96. The maximum absolute atomic E-state index is 8.85. The standard InChI is InChI=1S/C11H22N2S/c1-4-7-13-11(9-12)6-8-14-10(3)5-2/h10-11,13H,4-8H2,1-3H3. The summed E-state index contributed by atoms with van der Waals surface area (Å²) in [5.74, 6) is 1.09. The van der Waals surface area contributed by atoms with Crippen LogP contribution in [0.5, 0.6) is 0 Å². The van der Waals surface area contributed by atoms with Crippen molar-refractivity contribution in [2.45, 2.75) is 51.3 Å². The first-order valence-electron chi connectivity index (χ1n) is 5.49. The van der Waals surface area contributed by atoms with E-state index in [4.69, 9.17) is 5.26 Å². The van der Waals surface area contributed by atoms with Crippen molar-refractivity contribution in [3.8, 4) is 6.07 Å². The van der Waals surface area contributed by atoms with Gasteiger partial charge in [-0.3, -0.25) is 0 Å². The summed E-state index contributed by atoms with van der Waals surface area (Å²) in [5.41, 5.74) is 0. The third-order valence-electron chi connectivity index (χ3n) is 2.18. The van der Waals surface area contributed by atoms with Gasteiger partial charge in [-0.1, -0.05) is 20.8 Å². The molecule has 0 aromatic heterocycles. The molecule has 0 aliphatic rings. The van der Waals surface area contributed by atoms with Crippen molar-refractivity contribution in [2.24, 2.45) is 0 Å². The molecule has 0 radical (unpaired) electrons. The van der Waals surface area contributed by atoms with E-state index in [1.807, 2.05) is 11.8 Å². The smallest absolute Gasteiger partial charge is 0.0960 e. The predicted octanol–water partition coefficient (Wildman–Crippen LogP) is 2.80. The van der Waals surface area contributed by atoms with Crippen LogP contribution in [0.1, 0.15) is 40.0 Å². The van der Waals surface area contributed by atoms with Crippen LogP contribution in [0.4, 0.5) is 0 Å². The monoisotopic (exact) mass is 214 g/mol. The Hall–Kier alpha value is -0.200. The molecule has 3 heteroatoms. The second kappa shape index (κ2) is 9.36. The Morgan fingerprint density at radius 1 is 1.43 bits per heavy atom. The number of thioether (sulfide) groups is 1. The zero-order chi connectivity index (χ0) is 10.8. The van der Waals surface area contributed by atoms with E-state index in [-0.39, 0.29) is 6.04 Å². The van der Waals surface area contributed by atoms with Crippen LogP contribution >= 0.6 is 11.8 Å². The molecule has 0 spiro atoms. The molecule has 0 bridgehead atoms. The SMILES string of the molecule is CCCNC(C#N)CCSC(C)CC. The maximum Gasteiger partial charge on any atom is 0.0960 e. The van der Waals surface area contributed by atoms with Crippen molar-refractivity contribution < 1.29 is 0 Å². The van der Waals surface area contributed by atoms with Gasteiger partial charge in [-0.25, -0.2) is 0 Å². The van der Waals surface area contributed by atoms with Gasteiger partial charge in [-0.2, -0.15) is 17.0 Å². The molecule has 0 aliphatic carbocycles. The molecule has 0 amide bonds. The quantitative estimate of drug-likeness (QED) is 0.675. The Morgan fingerprint density at radius 2 is 2.14 bits per heavy atom. The van der Waals surface area contributed by atoms with Crippen LogP contribution < -0.4 is 5.32 Å². The highest BCUT2D eigenvalue weighted by Crippen LogP contribution is 2.15. The fourth-order valence-corrected chi connectivity index (χ4v) is 2.05. The lowest BCUT2D eigenvalue weighted by Crippen LogP contribution is -2.28. The molecular weight excluding hydrogens is 192 g/mol. The van der Waals surface area contributed by atoms with Gasteiger partial charge in [0.15, 0.2) is 0 Å². The van der Waals surface area contributed by atoms with E-state index in [0.717, 1.165) is 30.4 Å². The molecular formula is C11H22N2S. The second-order valence-electron chi connectivity index (χ2n) is 3.51. The molecule has 0 aromatic carbocycles. The van der Waals surface area contributed by atoms with Crippen LogP contribution in [0, 0.1) is 11.3 Å². The molecule has 0 saturated heterocycles. The highest BCUT2D eigenvalue weighted by Gasteiger charge is 2.06. The van der Waals surface area contributed by atoms with Gasteiger partial charge in [0, 0.05) is 5.25 Å². The summed E-state index contributed by atoms with van der Waals surface area (Å²) in [5, 5.41) is 12.8. The Balaban J connectivity index is 3.48. The predicted molar refractivity (Wildman–Crippen MR) is 64.5 cm³/mol. The minimum atomic E-state index is 0.0477. The average molecular weight is 214 g/mol. The van der Waals surface area contributed by atoms with E-state index in [9.17, 15) is 0 Å². The largest absolute Gasteiger partial charge is 0.302 e. The third-order valence-corrected chi connectivity index (χ3v) is 3.55. The molecule has 0 fully saturated rings. The van der Waals surface area contributed by atoms with Crippen LogP contribution in [-0.2, 0) is 0 Å². The first kappa shape index (κ1) is 13.8. The van der Waals surface area contributed by atoms with Gasteiger partial charge in [0.05, 0.1) is 12.1 Å². The number of hydrogen-bond donors (Lipinski definition) is 1. The minimum Gasteiger partial charge on any atom is -0.302 e. The van der Waals surface area contributed by atoms with E-state index < -0.39 is 0 Å². The van der Waals surface area contributed by atoms with Crippen LogP contribution in [0.15, 0.2) is 0 Å². The van der Waals surface area contributed by atoms with Gasteiger partial charge < -0.3 is 5.32 Å². The molecule has 82 valence electrons. The lowest BCUT2D eigenvalue weighted by atomic mass is 10.2. The van der Waals surface area contributed by atoms with Crippen LogP contribution in [0.3, 0.4) is 0 Å². The van der Waals surface area contributed by atoms with Crippen molar-refractivity contribution in [1.82, 2.24) is 5.32 Å². The lowest BCUT2D eigenvalue weighted by molar-refractivity contribution is 0.585. The summed E-state index contributed by atoms with van der Waals surface area (Å²) in [6, 6.07) is 2.35. The molecule has 0 aromatic rings. The van der Waals surface area contributed by atoms with E-state index in [1.54, 1.807) is 0 Å². The number of nitriles is 1. The van der Waals surface area contributed by atoms with Crippen molar-refractivity contribution in [3.05, 3.63) is 0 Å². The van der Waals surface area contributed by atoms with Gasteiger partial charge in [0.1, 0.15) is 0 Å². The van der Waals surface area contributed by atoms with Gasteiger partial charge in [0.2, 0.25) is 0 Å². The molecule has 14 heavy (non-hydrogen) atoms. The maximum atomic E-state index is 8.85.